The van der Waals surface area contributed by atoms with Crippen LogP contribution < -0.4 is 0 Å². The van der Waals surface area contributed by atoms with Crippen LogP contribution in [0.4, 0.5) is 0 Å². The van der Waals surface area contributed by atoms with E-state index in [-0.39, 0.29) is 18.2 Å². The Morgan fingerprint density at radius 3 is 2.69 bits per heavy atom. The first-order valence-electron chi connectivity index (χ1n) is 5.70. The summed E-state index contributed by atoms with van der Waals surface area (Å²) in [4.78, 5) is 11.7. The van der Waals surface area contributed by atoms with Crippen LogP contribution in [0.5, 0.6) is 0 Å². The van der Waals surface area contributed by atoms with Crippen molar-refractivity contribution in [2.24, 2.45) is 0 Å². The number of hydrogen-bond acceptors (Lipinski definition) is 3. The van der Waals surface area contributed by atoms with Gasteiger partial charge in [-0.15, -0.1) is 0 Å². The summed E-state index contributed by atoms with van der Waals surface area (Å²) >= 11 is 0. The SMILES string of the molecule is O=C(O[C@@H]1CCC[C@H](O)C1)c1ccccc1. The van der Waals surface area contributed by atoms with Gasteiger partial charge < -0.3 is 9.84 Å². The van der Waals surface area contributed by atoms with Crippen molar-refractivity contribution in [2.45, 2.75) is 37.9 Å². The summed E-state index contributed by atoms with van der Waals surface area (Å²) in [5, 5.41) is 9.47. The van der Waals surface area contributed by atoms with Crippen molar-refractivity contribution in [2.75, 3.05) is 0 Å². The molecule has 2 rings (SSSR count). The molecule has 86 valence electrons. The molecule has 0 radical (unpaired) electrons. The van der Waals surface area contributed by atoms with Crippen LogP contribution in [-0.2, 0) is 4.74 Å². The van der Waals surface area contributed by atoms with Gasteiger partial charge in [0.05, 0.1) is 11.7 Å². The largest absolute Gasteiger partial charge is 0.459 e. The van der Waals surface area contributed by atoms with Crippen molar-refractivity contribution in [1.29, 1.82) is 0 Å². The van der Waals surface area contributed by atoms with Crippen LogP contribution >= 0.6 is 0 Å². The molecular weight excluding hydrogens is 204 g/mol. The molecule has 0 spiro atoms. The molecule has 3 heteroatoms. The second-order valence-electron chi connectivity index (χ2n) is 4.21. The number of aliphatic hydroxyl groups is 1. The van der Waals surface area contributed by atoms with Crippen molar-refractivity contribution in [3.8, 4) is 0 Å². The molecular formula is C13H16O3. The second kappa shape index (κ2) is 5.12. The van der Waals surface area contributed by atoms with Gasteiger partial charge in [-0.2, -0.15) is 0 Å². The highest BCUT2D eigenvalue weighted by atomic mass is 16.5. The van der Waals surface area contributed by atoms with Gasteiger partial charge in [0.15, 0.2) is 0 Å². The monoisotopic (exact) mass is 220 g/mol. The summed E-state index contributed by atoms with van der Waals surface area (Å²) in [6, 6.07) is 8.96. The van der Waals surface area contributed by atoms with Crippen LogP contribution in [0, 0.1) is 0 Å². The third-order valence-electron chi connectivity index (χ3n) is 2.88. The molecule has 0 aliphatic heterocycles. The molecule has 0 saturated heterocycles. The highest BCUT2D eigenvalue weighted by Crippen LogP contribution is 2.21. The molecule has 1 aromatic carbocycles. The third-order valence-corrected chi connectivity index (χ3v) is 2.88. The zero-order valence-corrected chi connectivity index (χ0v) is 9.13. The lowest BCUT2D eigenvalue weighted by atomic mass is 9.95. The predicted molar refractivity (Wildman–Crippen MR) is 60.1 cm³/mol. The molecule has 1 aliphatic rings. The molecule has 0 bridgehead atoms. The van der Waals surface area contributed by atoms with Crippen LogP contribution in [0.1, 0.15) is 36.0 Å². The molecule has 1 fully saturated rings. The van der Waals surface area contributed by atoms with Crippen molar-refractivity contribution in [3.05, 3.63) is 35.9 Å². The molecule has 0 unspecified atom stereocenters. The van der Waals surface area contributed by atoms with Gasteiger partial charge in [-0.05, 0) is 31.4 Å². The van der Waals surface area contributed by atoms with E-state index in [2.05, 4.69) is 0 Å². The molecule has 2 atom stereocenters. The molecule has 1 N–H and O–H groups in total. The molecule has 3 nitrogen and oxygen atoms in total. The minimum absolute atomic E-state index is 0.128. The van der Waals surface area contributed by atoms with Gasteiger partial charge in [0.1, 0.15) is 6.10 Å². The number of rotatable bonds is 2. The standard InChI is InChI=1S/C13H16O3/c14-11-7-4-8-12(9-11)16-13(15)10-5-2-1-3-6-10/h1-3,5-6,11-12,14H,4,7-9H2/t11-,12+/m0/s1. The highest BCUT2D eigenvalue weighted by molar-refractivity contribution is 5.89. The van der Waals surface area contributed by atoms with E-state index in [4.69, 9.17) is 4.74 Å². The van der Waals surface area contributed by atoms with E-state index < -0.39 is 0 Å². The number of benzene rings is 1. The molecule has 1 aliphatic carbocycles. The van der Waals surface area contributed by atoms with Gasteiger partial charge in [0, 0.05) is 6.42 Å². The average molecular weight is 220 g/mol. The molecule has 16 heavy (non-hydrogen) atoms. The predicted octanol–water partition coefficient (Wildman–Crippen LogP) is 2.15. The van der Waals surface area contributed by atoms with Gasteiger partial charge in [0.2, 0.25) is 0 Å². The Morgan fingerprint density at radius 1 is 1.25 bits per heavy atom. The van der Waals surface area contributed by atoms with E-state index in [1.54, 1.807) is 12.1 Å². The zero-order chi connectivity index (χ0) is 11.4. The van der Waals surface area contributed by atoms with Gasteiger partial charge in [-0.3, -0.25) is 0 Å². The summed E-state index contributed by atoms with van der Waals surface area (Å²) in [6.45, 7) is 0. The molecule has 1 saturated carbocycles. The van der Waals surface area contributed by atoms with E-state index in [0.29, 0.717) is 12.0 Å². The number of hydrogen-bond donors (Lipinski definition) is 1. The first-order chi connectivity index (χ1) is 7.75. The van der Waals surface area contributed by atoms with E-state index in [9.17, 15) is 9.90 Å². The van der Waals surface area contributed by atoms with Crippen LogP contribution in [0.3, 0.4) is 0 Å². The van der Waals surface area contributed by atoms with E-state index in [0.717, 1.165) is 19.3 Å². The quantitative estimate of drug-likeness (QED) is 0.777. The fourth-order valence-electron chi connectivity index (χ4n) is 2.02. The van der Waals surface area contributed by atoms with Gasteiger partial charge in [-0.1, -0.05) is 18.2 Å². The molecule has 0 amide bonds. The maximum atomic E-state index is 11.7. The minimum atomic E-state index is -0.317. The third kappa shape index (κ3) is 2.83. The maximum absolute atomic E-state index is 11.7. The van der Waals surface area contributed by atoms with Gasteiger partial charge in [-0.25, -0.2) is 4.79 Å². The smallest absolute Gasteiger partial charge is 0.338 e. The first-order valence-corrected chi connectivity index (χ1v) is 5.70. The number of esters is 1. The van der Waals surface area contributed by atoms with E-state index >= 15 is 0 Å². The normalized spacial score (nSPS) is 25.1. The highest BCUT2D eigenvalue weighted by Gasteiger charge is 2.23. The lowest BCUT2D eigenvalue weighted by Crippen LogP contribution is -2.28. The maximum Gasteiger partial charge on any atom is 0.338 e. The lowest BCUT2D eigenvalue weighted by molar-refractivity contribution is -0.00223. The van der Waals surface area contributed by atoms with Crippen molar-refractivity contribution < 1.29 is 14.6 Å². The Labute approximate surface area is 95.0 Å². The summed E-state index contributed by atoms with van der Waals surface area (Å²) in [5.41, 5.74) is 0.572. The summed E-state index contributed by atoms with van der Waals surface area (Å²) in [5.74, 6) is -0.292. The fraction of sp³-hybridized carbons (Fsp3) is 0.462. The zero-order valence-electron chi connectivity index (χ0n) is 9.13. The Balaban J connectivity index is 1.92. The number of carbonyl (C=O) groups is 1. The average Bonchev–Trinajstić information content (AvgIpc) is 2.30. The Hall–Kier alpha value is -1.35. The van der Waals surface area contributed by atoms with Crippen molar-refractivity contribution in [3.63, 3.8) is 0 Å². The molecule has 0 heterocycles. The van der Waals surface area contributed by atoms with Crippen molar-refractivity contribution in [1.82, 2.24) is 0 Å². The fourth-order valence-corrected chi connectivity index (χ4v) is 2.02. The number of ether oxygens (including phenoxy) is 1. The van der Waals surface area contributed by atoms with Crippen LogP contribution in [0.15, 0.2) is 30.3 Å². The van der Waals surface area contributed by atoms with Crippen molar-refractivity contribution >= 4 is 5.97 Å². The Bertz CT molecular complexity index is 347. The van der Waals surface area contributed by atoms with E-state index in [1.165, 1.54) is 0 Å². The van der Waals surface area contributed by atoms with E-state index in [1.807, 2.05) is 18.2 Å². The van der Waals surface area contributed by atoms with Gasteiger partial charge in [0.25, 0.3) is 0 Å². The Morgan fingerprint density at radius 2 is 2.00 bits per heavy atom. The first kappa shape index (κ1) is 11.1. The van der Waals surface area contributed by atoms with Gasteiger partial charge >= 0.3 is 5.97 Å². The number of aliphatic hydroxyl groups excluding tert-OH is 1. The topological polar surface area (TPSA) is 46.5 Å². The Kier molecular flexibility index (Phi) is 3.57. The molecule has 0 aromatic heterocycles. The van der Waals surface area contributed by atoms with Crippen LogP contribution in [0.2, 0.25) is 0 Å². The summed E-state index contributed by atoms with van der Waals surface area (Å²) in [6.07, 6.45) is 2.72. The second-order valence-corrected chi connectivity index (χ2v) is 4.21. The summed E-state index contributed by atoms with van der Waals surface area (Å²) < 4.78 is 5.35. The van der Waals surface area contributed by atoms with Crippen LogP contribution in [0.25, 0.3) is 0 Å². The minimum Gasteiger partial charge on any atom is -0.459 e. The summed E-state index contributed by atoms with van der Waals surface area (Å²) in [7, 11) is 0. The number of carbonyl (C=O) groups excluding carboxylic acids is 1. The molecule has 1 aromatic rings. The lowest BCUT2D eigenvalue weighted by Gasteiger charge is -2.25. The van der Waals surface area contributed by atoms with Crippen LogP contribution in [-0.4, -0.2) is 23.3 Å².